The normalized spacial score (nSPS) is 17.6. The van der Waals surface area contributed by atoms with E-state index in [-0.39, 0.29) is 0 Å². The van der Waals surface area contributed by atoms with E-state index >= 15 is 0 Å². The molecule has 0 saturated carbocycles. The minimum atomic E-state index is 1.20. The maximum atomic E-state index is 2.29. The number of hydrogen-bond acceptors (Lipinski definition) is 4. The molecule has 2 heterocycles. The first kappa shape index (κ1) is 29.5. The Kier molecular flexibility index (Phi) is 12.9. The third-order valence-corrected chi connectivity index (χ3v) is 11.9. The largest absolute Gasteiger partial charge is 0.0878 e. The molecule has 2 aliphatic rings. The van der Waals surface area contributed by atoms with Gasteiger partial charge in [-0.1, -0.05) is 160 Å². The number of allylic oxidation sites excluding steroid dienone is 2. The van der Waals surface area contributed by atoms with Crippen molar-refractivity contribution in [1.82, 2.24) is 0 Å². The summed E-state index contributed by atoms with van der Waals surface area (Å²) < 4.78 is 2.79. The predicted octanol–water partition coefficient (Wildman–Crippen LogP) is 12.4. The minimum Gasteiger partial charge on any atom is -0.0878 e. The van der Waals surface area contributed by atoms with Crippen LogP contribution < -0.4 is 0 Å². The van der Waals surface area contributed by atoms with Crippen LogP contribution in [0, 0.1) is 0 Å². The Morgan fingerprint density at radius 3 is 1.32 bits per heavy atom. The van der Waals surface area contributed by atoms with Crippen LogP contribution in [0.2, 0.25) is 0 Å². The lowest BCUT2D eigenvalue weighted by atomic mass is 10.0. The van der Waals surface area contributed by atoms with Crippen LogP contribution in [0.3, 0.4) is 0 Å². The molecule has 0 spiro atoms. The van der Waals surface area contributed by atoms with E-state index in [9.17, 15) is 0 Å². The molecule has 2 aromatic carbocycles. The van der Waals surface area contributed by atoms with Gasteiger partial charge in [-0.25, -0.2) is 0 Å². The fourth-order valence-electron chi connectivity index (χ4n) is 4.32. The Hall–Kier alpha value is -1.46. The van der Waals surface area contributed by atoms with Gasteiger partial charge in [-0.3, -0.25) is 0 Å². The van der Waals surface area contributed by atoms with Gasteiger partial charge in [-0.2, -0.15) is 0 Å². The molecule has 0 radical (unpaired) electrons. The quantitative estimate of drug-likeness (QED) is 0.205. The minimum absolute atomic E-state index is 1.20. The summed E-state index contributed by atoms with van der Waals surface area (Å²) in [5.41, 5.74) is 5.46. The second-order valence-electron chi connectivity index (χ2n) is 9.83. The Balaban J connectivity index is 1.21. The summed E-state index contributed by atoms with van der Waals surface area (Å²) in [5.74, 6) is 0. The molecule has 0 fully saturated rings. The van der Waals surface area contributed by atoms with Crippen molar-refractivity contribution < 1.29 is 0 Å². The topological polar surface area (TPSA) is 0 Å². The molecule has 200 valence electrons. The molecule has 0 nitrogen and oxygen atoms in total. The maximum absolute atomic E-state index is 2.29. The monoisotopic (exact) mass is 576 g/mol. The Bertz CT molecular complexity index is 1070. The van der Waals surface area contributed by atoms with Crippen LogP contribution >= 0.6 is 47.0 Å². The van der Waals surface area contributed by atoms with Crippen molar-refractivity contribution in [3.8, 4) is 0 Å². The van der Waals surface area contributed by atoms with Gasteiger partial charge in [0.15, 0.2) is 0 Å². The van der Waals surface area contributed by atoms with Crippen LogP contribution in [0.4, 0.5) is 0 Å². The standard InChI is InChI=1S/C34H40S4/c1-3-5-7-9-11-27-13-17-29(18-14-27)21-23-31-25-35-33(37-31)34-36-26-32(38-34)24-22-30-19-15-28(16-20-30)12-10-8-6-4-2/h13-26H,3-12H2,1-2H3. The van der Waals surface area contributed by atoms with Crippen LogP contribution in [0.15, 0.2) is 89.8 Å². The summed E-state index contributed by atoms with van der Waals surface area (Å²) in [6.07, 6.45) is 22.0. The van der Waals surface area contributed by atoms with Crippen LogP contribution in [-0.4, -0.2) is 0 Å². The molecule has 0 saturated heterocycles. The van der Waals surface area contributed by atoms with Gasteiger partial charge in [0, 0.05) is 9.81 Å². The molecule has 0 amide bonds. The van der Waals surface area contributed by atoms with Crippen LogP contribution in [-0.2, 0) is 12.8 Å². The number of thioether (sulfide) groups is 4. The van der Waals surface area contributed by atoms with Gasteiger partial charge >= 0.3 is 0 Å². The van der Waals surface area contributed by atoms with E-state index in [2.05, 4.69) is 97.5 Å². The molecule has 0 aromatic heterocycles. The number of benzene rings is 2. The summed E-state index contributed by atoms with van der Waals surface area (Å²) in [5, 5.41) is 4.56. The third-order valence-electron chi connectivity index (χ3n) is 6.63. The van der Waals surface area contributed by atoms with E-state index < -0.39 is 0 Å². The Morgan fingerprint density at radius 1 is 0.500 bits per heavy atom. The zero-order chi connectivity index (χ0) is 26.4. The van der Waals surface area contributed by atoms with E-state index in [4.69, 9.17) is 0 Å². The highest BCUT2D eigenvalue weighted by Gasteiger charge is 2.20. The van der Waals surface area contributed by atoms with E-state index in [1.54, 1.807) is 0 Å². The number of hydrogen-bond donors (Lipinski definition) is 0. The van der Waals surface area contributed by atoms with Gasteiger partial charge < -0.3 is 0 Å². The highest BCUT2D eigenvalue weighted by molar-refractivity contribution is 8.33. The van der Waals surface area contributed by atoms with Crippen molar-refractivity contribution in [1.29, 1.82) is 0 Å². The van der Waals surface area contributed by atoms with Crippen molar-refractivity contribution in [3.63, 3.8) is 0 Å². The maximum Gasteiger partial charge on any atom is 0.0700 e. The Morgan fingerprint density at radius 2 is 0.921 bits per heavy atom. The molecular weight excluding hydrogens is 537 g/mol. The smallest absolute Gasteiger partial charge is 0.0700 e. The molecule has 0 bridgehead atoms. The van der Waals surface area contributed by atoms with Crippen molar-refractivity contribution in [2.45, 2.75) is 78.1 Å². The molecule has 0 N–H and O–H groups in total. The van der Waals surface area contributed by atoms with Crippen molar-refractivity contribution >= 4 is 59.2 Å². The lowest BCUT2D eigenvalue weighted by Crippen LogP contribution is -1.85. The zero-order valence-electron chi connectivity index (χ0n) is 22.8. The van der Waals surface area contributed by atoms with Gasteiger partial charge in [-0.15, -0.1) is 0 Å². The average Bonchev–Trinajstić information content (AvgIpc) is 3.62. The summed E-state index contributed by atoms with van der Waals surface area (Å²) in [6.45, 7) is 4.54. The van der Waals surface area contributed by atoms with Crippen molar-refractivity contribution in [3.05, 3.63) is 112 Å². The predicted molar refractivity (Wildman–Crippen MR) is 180 cm³/mol. The summed E-state index contributed by atoms with van der Waals surface area (Å²) in [6, 6.07) is 18.2. The second kappa shape index (κ2) is 16.6. The number of rotatable bonds is 14. The third kappa shape index (κ3) is 9.93. The molecule has 0 unspecified atom stereocenters. The first-order valence-corrected chi connectivity index (χ1v) is 17.5. The van der Waals surface area contributed by atoms with Gasteiger partial charge in [-0.05, 0) is 70.9 Å². The fourth-order valence-corrected chi connectivity index (χ4v) is 8.98. The summed E-state index contributed by atoms with van der Waals surface area (Å²) in [7, 11) is 0. The number of unbranched alkanes of at least 4 members (excludes halogenated alkanes) is 6. The van der Waals surface area contributed by atoms with Crippen LogP contribution in [0.1, 0.15) is 87.5 Å². The summed E-state index contributed by atoms with van der Waals surface area (Å²) in [4.78, 5) is 2.64. The van der Waals surface area contributed by atoms with Crippen LogP contribution in [0.25, 0.3) is 12.2 Å². The van der Waals surface area contributed by atoms with Crippen molar-refractivity contribution in [2.24, 2.45) is 0 Å². The molecule has 2 aromatic rings. The fraction of sp³-hybridized carbons (Fsp3) is 0.353. The van der Waals surface area contributed by atoms with Gasteiger partial charge in [0.25, 0.3) is 0 Å². The lowest BCUT2D eigenvalue weighted by molar-refractivity contribution is 0.667. The second-order valence-corrected chi connectivity index (χ2v) is 14.3. The van der Waals surface area contributed by atoms with E-state index in [1.807, 2.05) is 47.0 Å². The highest BCUT2D eigenvalue weighted by atomic mass is 32.2. The van der Waals surface area contributed by atoms with Crippen molar-refractivity contribution in [2.75, 3.05) is 0 Å². The first-order chi connectivity index (χ1) is 18.7. The highest BCUT2D eigenvalue weighted by Crippen LogP contribution is 2.55. The zero-order valence-corrected chi connectivity index (χ0v) is 26.1. The van der Waals surface area contributed by atoms with E-state index in [0.717, 1.165) is 0 Å². The Labute approximate surface area is 248 Å². The molecule has 0 aliphatic carbocycles. The van der Waals surface area contributed by atoms with Gasteiger partial charge in [0.05, 0.1) is 8.47 Å². The average molecular weight is 577 g/mol. The van der Waals surface area contributed by atoms with E-state index in [0.29, 0.717) is 0 Å². The lowest BCUT2D eigenvalue weighted by Gasteiger charge is -2.03. The molecule has 38 heavy (non-hydrogen) atoms. The van der Waals surface area contributed by atoms with Gasteiger partial charge in [0.1, 0.15) is 0 Å². The molecule has 0 atom stereocenters. The summed E-state index contributed by atoms with van der Waals surface area (Å²) >= 11 is 7.49. The van der Waals surface area contributed by atoms with E-state index in [1.165, 1.54) is 105 Å². The molecule has 4 heteroatoms. The number of aryl methyl sites for hydroxylation is 2. The SMILES string of the molecule is CCCCCCc1ccc(C=CC2=CSC(=C3SC=C(C=Cc4ccc(CCCCCC)cc4)S3)S2)cc1. The first-order valence-electron chi connectivity index (χ1n) is 14.1. The van der Waals surface area contributed by atoms with Gasteiger partial charge in [0.2, 0.25) is 0 Å². The molecule has 4 rings (SSSR count). The molecular formula is C34H40S4. The molecule has 2 aliphatic heterocycles. The van der Waals surface area contributed by atoms with Crippen LogP contribution in [0.5, 0.6) is 0 Å².